The molecule has 29 heavy (non-hydrogen) atoms. The molecule has 2 amide bonds. The van der Waals surface area contributed by atoms with E-state index in [2.05, 4.69) is 15.5 Å². The number of amides is 2. The van der Waals surface area contributed by atoms with E-state index >= 15 is 0 Å². The first-order valence-corrected chi connectivity index (χ1v) is 10.1. The highest BCUT2D eigenvalue weighted by Crippen LogP contribution is 2.38. The zero-order chi connectivity index (χ0) is 21.1. The van der Waals surface area contributed by atoms with Gasteiger partial charge in [0.15, 0.2) is 0 Å². The Morgan fingerprint density at radius 1 is 1.28 bits per heavy atom. The molecule has 2 atom stereocenters. The molecular formula is C21H23Cl2N3O3. The standard InChI is InChI=1S/C21H23Cl2N3O3/c1-3-19(20(27)28)25-21(29)24-14-6-4-5-12(7-14)16-10-26(2)11-17-15(16)8-13(22)9-18(17)23/h4-9,16,19H,3,10-11H2,1-2H3,(H,27,28)(H2,24,25,29). The fraction of sp³-hybridized carbons (Fsp3) is 0.333. The lowest BCUT2D eigenvalue weighted by atomic mass is 9.84. The van der Waals surface area contributed by atoms with E-state index in [0.717, 1.165) is 29.8 Å². The highest BCUT2D eigenvalue weighted by Gasteiger charge is 2.27. The third-order valence-electron chi connectivity index (χ3n) is 5.05. The summed E-state index contributed by atoms with van der Waals surface area (Å²) in [7, 11) is 2.03. The Hall–Kier alpha value is -2.28. The highest BCUT2D eigenvalue weighted by molar-refractivity contribution is 6.35. The van der Waals surface area contributed by atoms with Gasteiger partial charge in [0.1, 0.15) is 6.04 Å². The maximum atomic E-state index is 12.2. The monoisotopic (exact) mass is 435 g/mol. The smallest absolute Gasteiger partial charge is 0.326 e. The number of hydrogen-bond donors (Lipinski definition) is 3. The zero-order valence-electron chi connectivity index (χ0n) is 16.2. The summed E-state index contributed by atoms with van der Waals surface area (Å²) in [5.74, 6) is -1.01. The lowest BCUT2D eigenvalue weighted by Gasteiger charge is -2.33. The Bertz CT molecular complexity index is 935. The molecule has 1 heterocycles. The summed E-state index contributed by atoms with van der Waals surface area (Å²) in [6.45, 7) is 3.24. The first kappa shape index (κ1) is 21.4. The average molecular weight is 436 g/mol. The third-order valence-corrected chi connectivity index (χ3v) is 5.61. The van der Waals surface area contributed by atoms with E-state index in [4.69, 9.17) is 28.3 Å². The van der Waals surface area contributed by atoms with Crippen molar-refractivity contribution >= 4 is 40.9 Å². The third kappa shape index (κ3) is 5.01. The van der Waals surface area contributed by atoms with E-state index in [9.17, 15) is 9.59 Å². The van der Waals surface area contributed by atoms with Crippen LogP contribution in [0.1, 0.15) is 36.0 Å². The number of hydrogen-bond acceptors (Lipinski definition) is 3. The second kappa shape index (κ2) is 9.03. The SMILES string of the molecule is CCC(NC(=O)Nc1cccc(C2CN(C)Cc3c(Cl)cc(Cl)cc32)c1)C(=O)O. The molecule has 0 saturated heterocycles. The lowest BCUT2D eigenvalue weighted by Crippen LogP contribution is -2.42. The minimum atomic E-state index is -1.06. The molecule has 0 saturated carbocycles. The van der Waals surface area contributed by atoms with Gasteiger partial charge in [0.05, 0.1) is 0 Å². The lowest BCUT2D eigenvalue weighted by molar-refractivity contribution is -0.139. The van der Waals surface area contributed by atoms with Crippen LogP contribution in [0.4, 0.5) is 10.5 Å². The molecule has 0 radical (unpaired) electrons. The quantitative estimate of drug-likeness (QED) is 0.642. The van der Waals surface area contributed by atoms with Crippen LogP contribution in [0.15, 0.2) is 36.4 Å². The molecule has 3 N–H and O–H groups in total. The van der Waals surface area contributed by atoms with Crippen molar-refractivity contribution in [1.29, 1.82) is 0 Å². The molecule has 154 valence electrons. The second-order valence-corrected chi connectivity index (χ2v) is 8.07. The van der Waals surface area contributed by atoms with Crippen LogP contribution in [-0.4, -0.2) is 41.6 Å². The largest absolute Gasteiger partial charge is 0.480 e. The first-order valence-electron chi connectivity index (χ1n) is 9.35. The highest BCUT2D eigenvalue weighted by atomic mass is 35.5. The van der Waals surface area contributed by atoms with Crippen LogP contribution in [0, 0.1) is 0 Å². The van der Waals surface area contributed by atoms with Gasteiger partial charge in [0, 0.05) is 34.7 Å². The van der Waals surface area contributed by atoms with Crippen LogP contribution in [0.5, 0.6) is 0 Å². The van der Waals surface area contributed by atoms with Crippen molar-refractivity contribution in [2.75, 3.05) is 18.9 Å². The Balaban J connectivity index is 1.85. The number of carboxylic acid groups (broad SMARTS) is 1. The summed E-state index contributed by atoms with van der Waals surface area (Å²) >= 11 is 12.7. The number of carbonyl (C=O) groups is 2. The van der Waals surface area contributed by atoms with Crippen LogP contribution >= 0.6 is 23.2 Å². The summed E-state index contributed by atoms with van der Waals surface area (Å²) in [4.78, 5) is 25.5. The number of carboxylic acids is 1. The summed E-state index contributed by atoms with van der Waals surface area (Å²) < 4.78 is 0. The molecule has 0 aromatic heterocycles. The number of urea groups is 1. The van der Waals surface area contributed by atoms with Crippen molar-refractivity contribution < 1.29 is 14.7 Å². The second-order valence-electron chi connectivity index (χ2n) is 7.23. The van der Waals surface area contributed by atoms with Crippen molar-refractivity contribution in [1.82, 2.24) is 10.2 Å². The van der Waals surface area contributed by atoms with Gasteiger partial charge in [-0.3, -0.25) is 0 Å². The summed E-state index contributed by atoms with van der Waals surface area (Å²) in [5, 5.41) is 15.5. The minimum Gasteiger partial charge on any atom is -0.480 e. The van der Waals surface area contributed by atoms with Crippen LogP contribution in [0.3, 0.4) is 0 Å². The number of anilines is 1. The predicted molar refractivity (Wildman–Crippen MR) is 115 cm³/mol. The van der Waals surface area contributed by atoms with E-state index < -0.39 is 18.0 Å². The minimum absolute atomic E-state index is 0.0483. The van der Waals surface area contributed by atoms with Crippen LogP contribution in [0.2, 0.25) is 10.0 Å². The number of halogens is 2. The number of likely N-dealkylation sites (N-methyl/N-ethyl adjacent to an activating group) is 1. The van der Waals surface area contributed by atoms with Crippen LogP contribution in [0.25, 0.3) is 0 Å². The van der Waals surface area contributed by atoms with E-state index in [1.807, 2.05) is 31.3 Å². The molecule has 2 aromatic carbocycles. The van der Waals surface area contributed by atoms with Crippen molar-refractivity contribution in [2.45, 2.75) is 31.8 Å². The topological polar surface area (TPSA) is 81.7 Å². The maximum Gasteiger partial charge on any atom is 0.326 e. The molecule has 1 aliphatic heterocycles. The normalized spacial score (nSPS) is 17.3. The number of aliphatic carboxylic acids is 1. The molecule has 0 aliphatic carbocycles. The number of fused-ring (bicyclic) bond motifs is 1. The van der Waals surface area contributed by atoms with E-state index in [-0.39, 0.29) is 5.92 Å². The molecule has 2 unspecified atom stereocenters. The molecular weight excluding hydrogens is 413 g/mol. The van der Waals surface area contributed by atoms with Crippen molar-refractivity contribution in [3.8, 4) is 0 Å². The maximum absolute atomic E-state index is 12.2. The predicted octanol–water partition coefficient (Wildman–Crippen LogP) is 4.56. The summed E-state index contributed by atoms with van der Waals surface area (Å²) in [6.07, 6.45) is 0.301. The Morgan fingerprint density at radius 2 is 2.03 bits per heavy atom. The fourth-order valence-corrected chi connectivity index (χ4v) is 4.20. The molecule has 0 spiro atoms. The Morgan fingerprint density at radius 3 is 2.72 bits per heavy atom. The van der Waals surface area contributed by atoms with Crippen molar-refractivity contribution in [3.63, 3.8) is 0 Å². The van der Waals surface area contributed by atoms with Gasteiger partial charge in [-0.15, -0.1) is 0 Å². The number of benzene rings is 2. The molecule has 3 rings (SSSR count). The molecule has 6 nitrogen and oxygen atoms in total. The van der Waals surface area contributed by atoms with Crippen LogP contribution < -0.4 is 10.6 Å². The fourth-order valence-electron chi connectivity index (χ4n) is 3.63. The molecule has 2 aromatic rings. The summed E-state index contributed by atoms with van der Waals surface area (Å²) in [6, 6.07) is 9.74. The van der Waals surface area contributed by atoms with Gasteiger partial charge in [0.25, 0.3) is 0 Å². The van der Waals surface area contributed by atoms with Gasteiger partial charge in [-0.25, -0.2) is 9.59 Å². The van der Waals surface area contributed by atoms with Gasteiger partial charge in [-0.2, -0.15) is 0 Å². The van der Waals surface area contributed by atoms with Crippen LogP contribution in [-0.2, 0) is 11.3 Å². The van der Waals surface area contributed by atoms with Gasteiger partial charge in [-0.05, 0) is 54.4 Å². The first-order chi connectivity index (χ1) is 13.8. The van der Waals surface area contributed by atoms with Gasteiger partial charge < -0.3 is 20.6 Å². The molecule has 8 heteroatoms. The van der Waals surface area contributed by atoms with E-state index in [1.54, 1.807) is 19.1 Å². The van der Waals surface area contributed by atoms with Gasteiger partial charge >= 0.3 is 12.0 Å². The van der Waals surface area contributed by atoms with Crippen molar-refractivity contribution in [2.24, 2.45) is 0 Å². The van der Waals surface area contributed by atoms with Crippen molar-refractivity contribution in [3.05, 3.63) is 63.1 Å². The number of nitrogens with zero attached hydrogens (tertiary/aromatic N) is 1. The van der Waals surface area contributed by atoms with Gasteiger partial charge in [0.2, 0.25) is 0 Å². The summed E-state index contributed by atoms with van der Waals surface area (Å²) in [5.41, 5.74) is 3.74. The average Bonchev–Trinajstić information content (AvgIpc) is 2.66. The number of nitrogens with one attached hydrogen (secondary N) is 2. The zero-order valence-corrected chi connectivity index (χ0v) is 17.7. The van der Waals surface area contributed by atoms with Gasteiger partial charge in [-0.1, -0.05) is 42.3 Å². The molecule has 0 bridgehead atoms. The Labute approximate surface area is 179 Å². The number of rotatable bonds is 5. The Kier molecular flexibility index (Phi) is 6.67. The van der Waals surface area contributed by atoms with E-state index in [0.29, 0.717) is 22.2 Å². The molecule has 1 aliphatic rings. The molecule has 0 fully saturated rings. The van der Waals surface area contributed by atoms with E-state index in [1.165, 1.54) is 0 Å². The number of carbonyl (C=O) groups excluding carboxylic acids is 1.